The molecule has 0 spiro atoms. The number of benzene rings is 2. The lowest BCUT2D eigenvalue weighted by atomic mass is 10.0. The van der Waals surface area contributed by atoms with Crippen molar-refractivity contribution in [1.82, 2.24) is 4.98 Å². The fraction of sp³-hybridized carbons (Fsp3) is 0.192. The number of nitrogens with zero attached hydrogens (tertiary/aromatic N) is 1. The van der Waals surface area contributed by atoms with Crippen molar-refractivity contribution >= 4 is 50.9 Å². The van der Waals surface area contributed by atoms with E-state index in [-0.39, 0.29) is 12.5 Å². The molecule has 0 saturated heterocycles. The first-order chi connectivity index (χ1) is 16.0. The number of hydrogen-bond donors (Lipinski definition) is 1. The number of hydrogen-bond acceptors (Lipinski definition) is 6. The molecule has 5 nitrogen and oxygen atoms in total. The van der Waals surface area contributed by atoms with Crippen molar-refractivity contribution in [2.45, 2.75) is 31.0 Å². The summed E-state index contributed by atoms with van der Waals surface area (Å²) in [6.07, 6.45) is 0. The Morgan fingerprint density at radius 3 is 2.61 bits per heavy atom. The summed E-state index contributed by atoms with van der Waals surface area (Å²) in [5, 5.41) is 6.80. The Bertz CT molecular complexity index is 1300. The third-order valence-corrected chi connectivity index (χ3v) is 7.07. The maximum absolute atomic E-state index is 13.0. The van der Waals surface area contributed by atoms with Gasteiger partial charge in [0.15, 0.2) is 0 Å². The number of nitrogens with one attached hydrogen (secondary N) is 1. The van der Waals surface area contributed by atoms with Gasteiger partial charge >= 0.3 is 5.97 Å². The van der Waals surface area contributed by atoms with Crippen molar-refractivity contribution in [3.8, 4) is 11.1 Å². The summed E-state index contributed by atoms with van der Waals surface area (Å²) in [6, 6.07) is 19.6. The van der Waals surface area contributed by atoms with Crippen LogP contribution in [0.1, 0.15) is 29.8 Å². The Labute approximate surface area is 201 Å². The number of fused-ring (bicyclic) bond motifs is 1. The second-order valence-corrected chi connectivity index (χ2v) is 9.72. The molecule has 0 radical (unpaired) electrons. The van der Waals surface area contributed by atoms with Gasteiger partial charge in [-0.1, -0.05) is 60.3 Å². The second kappa shape index (κ2) is 10.2. The molecular weight excluding hydrogens is 452 g/mol. The van der Waals surface area contributed by atoms with E-state index < -0.39 is 11.2 Å². The maximum Gasteiger partial charge on any atom is 0.341 e. The fourth-order valence-corrected chi connectivity index (χ4v) is 5.40. The molecule has 0 aliphatic carbocycles. The zero-order valence-corrected chi connectivity index (χ0v) is 20.3. The number of carbonyl (C=O) groups excluding carboxylic acids is 2. The Hall–Kier alpha value is -3.16. The summed E-state index contributed by atoms with van der Waals surface area (Å²) < 4.78 is 5.28. The van der Waals surface area contributed by atoms with Gasteiger partial charge in [-0.15, -0.1) is 11.3 Å². The van der Waals surface area contributed by atoms with Crippen LogP contribution in [0.15, 0.2) is 71.1 Å². The average molecular weight is 477 g/mol. The van der Waals surface area contributed by atoms with Crippen LogP contribution in [0.3, 0.4) is 0 Å². The van der Waals surface area contributed by atoms with E-state index in [0.29, 0.717) is 10.6 Å². The SMILES string of the molecule is CCOC(=O)c1c(-c2ccccc2)csc1NC(=O)C(C)Sc1cc(C)c2ccccc2n1. The highest BCUT2D eigenvalue weighted by atomic mass is 32.2. The first kappa shape index (κ1) is 23.0. The van der Waals surface area contributed by atoms with Gasteiger partial charge in [-0.05, 0) is 44.0 Å². The molecule has 2 aromatic carbocycles. The summed E-state index contributed by atoms with van der Waals surface area (Å²) in [5.41, 5.74) is 4.06. The van der Waals surface area contributed by atoms with E-state index in [9.17, 15) is 9.59 Å². The number of para-hydroxylation sites is 1. The normalized spacial score (nSPS) is 11.8. The van der Waals surface area contributed by atoms with E-state index in [1.54, 1.807) is 6.92 Å². The summed E-state index contributed by atoms with van der Waals surface area (Å²) in [6.45, 7) is 5.90. The molecule has 168 valence electrons. The number of esters is 1. The Balaban J connectivity index is 1.56. The van der Waals surface area contributed by atoms with Crippen LogP contribution in [0.5, 0.6) is 0 Å². The largest absolute Gasteiger partial charge is 0.462 e. The number of aromatic nitrogens is 1. The van der Waals surface area contributed by atoms with Gasteiger partial charge in [0.25, 0.3) is 0 Å². The van der Waals surface area contributed by atoms with Crippen LogP contribution in [0, 0.1) is 6.92 Å². The van der Waals surface area contributed by atoms with Crippen LogP contribution < -0.4 is 5.32 Å². The van der Waals surface area contributed by atoms with Gasteiger partial charge in [0.05, 0.1) is 22.4 Å². The molecule has 0 aliphatic rings. The minimum Gasteiger partial charge on any atom is -0.462 e. The quantitative estimate of drug-likeness (QED) is 0.241. The zero-order valence-electron chi connectivity index (χ0n) is 18.6. The smallest absolute Gasteiger partial charge is 0.341 e. The Morgan fingerprint density at radius 1 is 1.12 bits per heavy atom. The monoisotopic (exact) mass is 476 g/mol. The summed E-state index contributed by atoms with van der Waals surface area (Å²) >= 11 is 2.72. The molecule has 1 amide bonds. The van der Waals surface area contributed by atoms with E-state index in [2.05, 4.69) is 5.32 Å². The van der Waals surface area contributed by atoms with E-state index in [1.807, 2.05) is 79.9 Å². The van der Waals surface area contributed by atoms with Gasteiger partial charge in [-0.2, -0.15) is 0 Å². The summed E-state index contributed by atoms with van der Waals surface area (Å²) in [5.74, 6) is -0.639. The van der Waals surface area contributed by atoms with Crippen molar-refractivity contribution in [2.24, 2.45) is 0 Å². The molecule has 0 fully saturated rings. The molecule has 33 heavy (non-hydrogen) atoms. The van der Waals surface area contributed by atoms with Gasteiger partial charge in [0.2, 0.25) is 5.91 Å². The minimum atomic E-state index is -0.444. The first-order valence-electron chi connectivity index (χ1n) is 10.7. The third-order valence-electron chi connectivity index (χ3n) is 5.16. The molecule has 0 saturated carbocycles. The van der Waals surface area contributed by atoms with Crippen molar-refractivity contribution in [1.29, 1.82) is 0 Å². The molecule has 2 aromatic heterocycles. The molecule has 2 heterocycles. The van der Waals surface area contributed by atoms with Crippen LogP contribution in [0.25, 0.3) is 22.0 Å². The standard InChI is InChI=1S/C26H24N2O3S2/c1-4-31-26(30)23-20(18-10-6-5-7-11-18)15-32-25(23)28-24(29)17(3)33-22-14-16(2)19-12-8-9-13-21(19)27-22/h5-15,17H,4H2,1-3H3,(H,28,29). The van der Waals surface area contributed by atoms with Crippen LogP contribution >= 0.6 is 23.1 Å². The fourth-order valence-electron chi connectivity index (χ4n) is 3.51. The van der Waals surface area contributed by atoms with Crippen molar-refractivity contribution in [3.63, 3.8) is 0 Å². The molecule has 0 bridgehead atoms. The zero-order chi connectivity index (χ0) is 23.4. The minimum absolute atomic E-state index is 0.195. The van der Waals surface area contributed by atoms with Gasteiger partial charge in [-0.3, -0.25) is 4.79 Å². The topological polar surface area (TPSA) is 68.3 Å². The number of carbonyl (C=O) groups is 2. The number of ether oxygens (including phenoxy) is 1. The van der Waals surface area contributed by atoms with Crippen LogP contribution in [0.2, 0.25) is 0 Å². The van der Waals surface area contributed by atoms with Gasteiger partial charge in [0, 0.05) is 16.3 Å². The van der Waals surface area contributed by atoms with Gasteiger partial charge < -0.3 is 10.1 Å². The highest BCUT2D eigenvalue weighted by molar-refractivity contribution is 8.00. The molecule has 1 N–H and O–H groups in total. The average Bonchev–Trinajstić information content (AvgIpc) is 3.23. The third kappa shape index (κ3) is 5.10. The van der Waals surface area contributed by atoms with E-state index in [4.69, 9.17) is 9.72 Å². The van der Waals surface area contributed by atoms with E-state index >= 15 is 0 Å². The van der Waals surface area contributed by atoms with Crippen LogP contribution in [0.4, 0.5) is 5.00 Å². The molecule has 0 aliphatic heterocycles. The highest BCUT2D eigenvalue weighted by Crippen LogP contribution is 2.37. The van der Waals surface area contributed by atoms with Gasteiger partial charge in [-0.25, -0.2) is 9.78 Å². The lowest BCUT2D eigenvalue weighted by molar-refractivity contribution is -0.115. The highest BCUT2D eigenvalue weighted by Gasteiger charge is 2.25. The molecule has 4 aromatic rings. The molecular formula is C26H24N2O3S2. The number of rotatable bonds is 7. The first-order valence-corrected chi connectivity index (χ1v) is 12.4. The lowest BCUT2D eigenvalue weighted by Crippen LogP contribution is -2.23. The predicted molar refractivity (Wildman–Crippen MR) is 136 cm³/mol. The summed E-state index contributed by atoms with van der Waals surface area (Å²) in [7, 11) is 0. The number of anilines is 1. The second-order valence-electron chi connectivity index (χ2n) is 7.48. The molecule has 4 rings (SSSR count). The van der Waals surface area contributed by atoms with Crippen molar-refractivity contribution < 1.29 is 14.3 Å². The Morgan fingerprint density at radius 2 is 1.85 bits per heavy atom. The van der Waals surface area contributed by atoms with Crippen LogP contribution in [-0.4, -0.2) is 28.7 Å². The lowest BCUT2D eigenvalue weighted by Gasteiger charge is -2.13. The van der Waals surface area contributed by atoms with Gasteiger partial charge in [0.1, 0.15) is 10.6 Å². The van der Waals surface area contributed by atoms with Crippen molar-refractivity contribution in [3.05, 3.63) is 77.2 Å². The number of amides is 1. The number of thioether (sulfide) groups is 1. The summed E-state index contributed by atoms with van der Waals surface area (Å²) in [4.78, 5) is 30.5. The number of thiophene rings is 1. The molecule has 1 atom stereocenters. The maximum atomic E-state index is 13.0. The van der Waals surface area contributed by atoms with E-state index in [1.165, 1.54) is 23.1 Å². The van der Waals surface area contributed by atoms with Crippen molar-refractivity contribution in [2.75, 3.05) is 11.9 Å². The van der Waals surface area contributed by atoms with Crippen LogP contribution in [-0.2, 0) is 9.53 Å². The molecule has 7 heteroatoms. The molecule has 1 unspecified atom stereocenters. The number of aryl methyl sites for hydroxylation is 1. The predicted octanol–water partition coefficient (Wildman–Crippen LogP) is 6.57. The van der Waals surface area contributed by atoms with E-state index in [0.717, 1.165) is 32.6 Å². The Kier molecular flexibility index (Phi) is 7.11. The number of pyridine rings is 1.